The van der Waals surface area contributed by atoms with Crippen LogP contribution in [0.4, 0.5) is 5.69 Å². The van der Waals surface area contributed by atoms with Gasteiger partial charge in [0.05, 0.1) is 20.4 Å². The maximum Gasteiger partial charge on any atom is 0.329 e. The highest BCUT2D eigenvalue weighted by atomic mass is 16.5. The van der Waals surface area contributed by atoms with E-state index < -0.39 is 11.8 Å². The van der Waals surface area contributed by atoms with Gasteiger partial charge < -0.3 is 24.8 Å². The van der Waals surface area contributed by atoms with Crippen molar-refractivity contribution in [3.05, 3.63) is 83.9 Å². The maximum absolute atomic E-state index is 12.2. The number of nitrogens with zero attached hydrogens (tertiary/aromatic N) is 1. The molecule has 3 N–H and O–H groups in total. The average molecular weight is 491 g/mol. The Bertz CT molecular complexity index is 1210. The highest BCUT2D eigenvalue weighted by Gasteiger charge is 2.14. The Balaban J connectivity index is 1.57. The molecule has 3 aromatic carbocycles. The summed E-state index contributed by atoms with van der Waals surface area (Å²) in [6, 6.07) is 21.0. The third kappa shape index (κ3) is 7.59. The second-order valence-electron chi connectivity index (χ2n) is 7.31. The van der Waals surface area contributed by atoms with Gasteiger partial charge in [-0.2, -0.15) is 5.10 Å². The van der Waals surface area contributed by atoms with Gasteiger partial charge in [0.1, 0.15) is 5.75 Å². The summed E-state index contributed by atoms with van der Waals surface area (Å²) in [5, 5.41) is 9.06. The molecule has 36 heavy (non-hydrogen) atoms. The zero-order chi connectivity index (χ0) is 25.8. The first-order valence-corrected chi connectivity index (χ1v) is 10.9. The van der Waals surface area contributed by atoms with E-state index in [1.807, 2.05) is 30.3 Å². The number of methoxy groups -OCH3 is 2. The zero-order valence-corrected chi connectivity index (χ0v) is 19.8. The van der Waals surface area contributed by atoms with E-state index in [2.05, 4.69) is 21.2 Å². The number of carbonyl (C=O) groups excluding carboxylic acids is 3. The molecule has 0 bridgehead atoms. The number of carbonyl (C=O) groups is 3. The first-order chi connectivity index (χ1) is 17.5. The van der Waals surface area contributed by atoms with Gasteiger partial charge in [0, 0.05) is 17.8 Å². The predicted octanol–water partition coefficient (Wildman–Crippen LogP) is 2.49. The summed E-state index contributed by atoms with van der Waals surface area (Å²) in [6.07, 6.45) is 1.29. The molecule has 10 nitrogen and oxygen atoms in total. The normalized spacial score (nSPS) is 10.4. The van der Waals surface area contributed by atoms with Crippen molar-refractivity contribution < 1.29 is 28.6 Å². The Morgan fingerprint density at radius 1 is 0.861 bits per heavy atom. The maximum atomic E-state index is 12.2. The number of hydrogen-bond acceptors (Lipinski definition) is 7. The number of hydrazone groups is 1. The first kappa shape index (κ1) is 25.8. The van der Waals surface area contributed by atoms with Crippen LogP contribution in [0.5, 0.6) is 17.2 Å². The van der Waals surface area contributed by atoms with Gasteiger partial charge in [-0.1, -0.05) is 36.4 Å². The van der Waals surface area contributed by atoms with Crippen molar-refractivity contribution in [1.82, 2.24) is 10.7 Å². The largest absolute Gasteiger partial charge is 0.497 e. The molecule has 0 aromatic heterocycles. The van der Waals surface area contributed by atoms with Crippen molar-refractivity contribution in [2.75, 3.05) is 26.1 Å². The van der Waals surface area contributed by atoms with E-state index in [0.717, 1.165) is 5.56 Å². The predicted molar refractivity (Wildman–Crippen MR) is 134 cm³/mol. The smallest absolute Gasteiger partial charge is 0.329 e. The lowest BCUT2D eigenvalue weighted by Gasteiger charge is -2.13. The molecule has 0 spiro atoms. The second-order valence-corrected chi connectivity index (χ2v) is 7.31. The molecule has 0 heterocycles. The molecule has 186 valence electrons. The molecule has 0 unspecified atom stereocenters. The summed E-state index contributed by atoms with van der Waals surface area (Å²) < 4.78 is 16.1. The lowest BCUT2D eigenvalue weighted by molar-refractivity contribution is -0.136. The average Bonchev–Trinajstić information content (AvgIpc) is 2.91. The lowest BCUT2D eigenvalue weighted by Crippen LogP contribution is -2.32. The van der Waals surface area contributed by atoms with Gasteiger partial charge in [-0.25, -0.2) is 5.43 Å². The third-order valence-corrected chi connectivity index (χ3v) is 4.83. The van der Waals surface area contributed by atoms with Gasteiger partial charge in [0.15, 0.2) is 18.1 Å². The fourth-order valence-corrected chi connectivity index (χ4v) is 3.01. The van der Waals surface area contributed by atoms with Crippen LogP contribution in [0.25, 0.3) is 0 Å². The summed E-state index contributed by atoms with van der Waals surface area (Å²) in [5.41, 5.74) is 3.98. The van der Waals surface area contributed by atoms with Crippen molar-refractivity contribution in [2.45, 2.75) is 6.54 Å². The Hall–Kier alpha value is -4.86. The van der Waals surface area contributed by atoms with Crippen LogP contribution in [-0.2, 0) is 20.9 Å². The fourth-order valence-electron chi connectivity index (χ4n) is 3.01. The molecule has 0 atom stereocenters. The van der Waals surface area contributed by atoms with Crippen LogP contribution in [0.15, 0.2) is 77.9 Å². The van der Waals surface area contributed by atoms with Crippen LogP contribution in [-0.4, -0.2) is 44.8 Å². The molecule has 0 fully saturated rings. The van der Waals surface area contributed by atoms with E-state index in [1.165, 1.54) is 20.4 Å². The minimum atomic E-state index is -0.965. The number of amides is 3. The van der Waals surface area contributed by atoms with Crippen molar-refractivity contribution in [3.63, 3.8) is 0 Å². The van der Waals surface area contributed by atoms with Gasteiger partial charge in [-0.05, 0) is 42.0 Å². The number of rotatable bonds is 10. The Kier molecular flexibility index (Phi) is 9.40. The monoisotopic (exact) mass is 490 g/mol. The van der Waals surface area contributed by atoms with Crippen LogP contribution in [0, 0.1) is 0 Å². The van der Waals surface area contributed by atoms with E-state index in [0.29, 0.717) is 29.3 Å². The molecule has 3 aromatic rings. The Morgan fingerprint density at radius 3 is 2.31 bits per heavy atom. The molecular formula is C26H26N4O6. The number of para-hydroxylation sites is 1. The van der Waals surface area contributed by atoms with Crippen LogP contribution < -0.4 is 30.3 Å². The van der Waals surface area contributed by atoms with Crippen LogP contribution >= 0.6 is 0 Å². The first-order valence-electron chi connectivity index (χ1n) is 10.9. The number of benzene rings is 3. The topological polar surface area (TPSA) is 127 Å². The lowest BCUT2D eigenvalue weighted by atomic mass is 10.2. The van der Waals surface area contributed by atoms with Gasteiger partial charge in [0.25, 0.3) is 5.91 Å². The highest BCUT2D eigenvalue weighted by Crippen LogP contribution is 2.30. The molecule has 10 heteroatoms. The molecule has 3 rings (SSSR count). The molecule has 0 aliphatic carbocycles. The van der Waals surface area contributed by atoms with Crippen LogP contribution in [0.2, 0.25) is 0 Å². The molecule has 0 aliphatic rings. The summed E-state index contributed by atoms with van der Waals surface area (Å²) in [7, 11) is 2.99. The Morgan fingerprint density at radius 2 is 1.61 bits per heavy atom. The summed E-state index contributed by atoms with van der Waals surface area (Å²) in [4.78, 5) is 36.4. The van der Waals surface area contributed by atoms with Crippen LogP contribution in [0.1, 0.15) is 11.1 Å². The number of ether oxygens (including phenoxy) is 3. The molecule has 0 saturated carbocycles. The van der Waals surface area contributed by atoms with Crippen molar-refractivity contribution in [3.8, 4) is 17.2 Å². The quantitative estimate of drug-likeness (QED) is 0.228. The Labute approximate surface area is 208 Å². The number of nitrogens with one attached hydrogen (secondary N) is 3. The van der Waals surface area contributed by atoms with Gasteiger partial charge >= 0.3 is 11.8 Å². The summed E-state index contributed by atoms with van der Waals surface area (Å²) in [5.74, 6) is -0.931. The van der Waals surface area contributed by atoms with Gasteiger partial charge in [-0.3, -0.25) is 14.4 Å². The van der Waals surface area contributed by atoms with Crippen molar-refractivity contribution in [2.24, 2.45) is 5.10 Å². The minimum absolute atomic E-state index is 0.259. The van der Waals surface area contributed by atoms with Crippen molar-refractivity contribution >= 4 is 29.6 Å². The standard InChI is InChI=1S/C26H26N4O6/c1-34-21-13-11-20(12-14-21)29-25(32)26(33)30-28-16-19-9-6-10-22(35-2)24(19)36-17-23(31)27-15-18-7-4-3-5-8-18/h3-14,16H,15,17H2,1-2H3,(H,27,31)(H,29,32)(H,30,33)/b28-16-. The second kappa shape index (κ2) is 13.1. The number of hydrogen-bond donors (Lipinski definition) is 3. The summed E-state index contributed by atoms with van der Waals surface area (Å²) in [6.45, 7) is 0.110. The van der Waals surface area contributed by atoms with E-state index in [1.54, 1.807) is 42.5 Å². The highest BCUT2D eigenvalue weighted by molar-refractivity contribution is 6.39. The third-order valence-electron chi connectivity index (χ3n) is 4.83. The molecular weight excluding hydrogens is 464 g/mol. The molecule has 0 saturated heterocycles. The zero-order valence-electron chi connectivity index (χ0n) is 19.8. The van der Waals surface area contributed by atoms with E-state index in [4.69, 9.17) is 14.2 Å². The van der Waals surface area contributed by atoms with Crippen LogP contribution in [0.3, 0.4) is 0 Å². The molecule has 0 radical (unpaired) electrons. The summed E-state index contributed by atoms with van der Waals surface area (Å²) >= 11 is 0. The van der Waals surface area contributed by atoms with Gasteiger partial charge in [-0.15, -0.1) is 0 Å². The SMILES string of the molecule is COc1ccc(NC(=O)C(=O)N/N=C\c2cccc(OC)c2OCC(=O)NCc2ccccc2)cc1. The van der Waals surface area contributed by atoms with E-state index in [9.17, 15) is 14.4 Å². The molecule has 3 amide bonds. The van der Waals surface area contributed by atoms with Gasteiger partial charge in [0.2, 0.25) is 0 Å². The fraction of sp³-hybridized carbons (Fsp3) is 0.154. The van der Waals surface area contributed by atoms with E-state index >= 15 is 0 Å². The number of anilines is 1. The van der Waals surface area contributed by atoms with E-state index in [-0.39, 0.29) is 18.3 Å². The van der Waals surface area contributed by atoms with Crippen molar-refractivity contribution in [1.29, 1.82) is 0 Å². The molecule has 0 aliphatic heterocycles. The minimum Gasteiger partial charge on any atom is -0.497 e.